The predicted octanol–water partition coefficient (Wildman–Crippen LogP) is 5.03. The molecule has 146 valence electrons. The molecule has 3 aromatic rings. The fourth-order valence-electron chi connectivity index (χ4n) is 3.91. The number of rotatable bonds is 5. The van der Waals surface area contributed by atoms with Gasteiger partial charge in [-0.1, -0.05) is 30.3 Å². The molecule has 2 aliphatic carbocycles. The van der Waals surface area contributed by atoms with Crippen LogP contribution in [0.2, 0.25) is 0 Å². The minimum absolute atomic E-state index is 0.151. The monoisotopic (exact) mass is 387 g/mol. The Labute approximate surface area is 160 Å². The van der Waals surface area contributed by atoms with Gasteiger partial charge in [-0.3, -0.25) is 4.40 Å². The van der Waals surface area contributed by atoms with Crippen molar-refractivity contribution in [2.75, 3.05) is 0 Å². The van der Waals surface area contributed by atoms with E-state index < -0.39 is 11.7 Å². The highest BCUT2D eigenvalue weighted by molar-refractivity contribution is 5.57. The maximum atomic E-state index is 13.8. The number of pyridine rings is 1. The van der Waals surface area contributed by atoms with E-state index in [4.69, 9.17) is 4.74 Å². The SMILES string of the molecule is FC(F)(F)c1c(O[C@H]2C[C@H](c3ccccc3)C2)ccn2c(CC3CC3)nnc12. The van der Waals surface area contributed by atoms with Gasteiger partial charge in [0, 0.05) is 12.6 Å². The molecule has 2 saturated carbocycles. The fraction of sp³-hybridized carbons (Fsp3) is 0.429. The number of ether oxygens (including phenoxy) is 1. The number of nitrogens with zero attached hydrogens (tertiary/aromatic N) is 3. The first kappa shape index (κ1) is 17.5. The Bertz CT molecular complexity index is 989. The number of halogens is 3. The Morgan fingerprint density at radius 1 is 1.04 bits per heavy atom. The van der Waals surface area contributed by atoms with Crippen molar-refractivity contribution in [2.45, 2.75) is 50.3 Å². The standard InChI is InChI=1S/C21H20F3N3O/c22-21(23,24)19-17(28-16-11-15(12-16)14-4-2-1-3-5-14)8-9-27-18(10-13-6-7-13)25-26-20(19)27/h1-5,8-9,13,15-16H,6-7,10-12H2/t15-,16-. The van der Waals surface area contributed by atoms with Gasteiger partial charge in [0.2, 0.25) is 0 Å². The molecule has 5 rings (SSSR count). The van der Waals surface area contributed by atoms with Crippen molar-refractivity contribution in [3.05, 3.63) is 59.5 Å². The number of alkyl halides is 3. The average molecular weight is 387 g/mol. The fourth-order valence-corrected chi connectivity index (χ4v) is 3.91. The molecule has 2 aromatic heterocycles. The normalized spacial score (nSPS) is 22.2. The van der Waals surface area contributed by atoms with Gasteiger partial charge in [-0.15, -0.1) is 10.2 Å². The second-order valence-electron chi connectivity index (χ2n) is 7.83. The molecule has 0 N–H and O–H groups in total. The van der Waals surface area contributed by atoms with E-state index in [1.54, 1.807) is 6.20 Å². The summed E-state index contributed by atoms with van der Waals surface area (Å²) in [6.07, 6.45) is 1.13. The maximum absolute atomic E-state index is 13.8. The summed E-state index contributed by atoms with van der Waals surface area (Å²) in [7, 11) is 0. The van der Waals surface area contributed by atoms with E-state index in [9.17, 15) is 13.2 Å². The van der Waals surface area contributed by atoms with Gasteiger partial charge in [-0.25, -0.2) is 0 Å². The quantitative estimate of drug-likeness (QED) is 0.617. The van der Waals surface area contributed by atoms with E-state index in [1.165, 1.54) is 16.0 Å². The molecule has 0 bridgehead atoms. The molecule has 0 unspecified atom stereocenters. The molecule has 0 spiro atoms. The molecule has 2 heterocycles. The molecule has 0 amide bonds. The average Bonchev–Trinajstić information content (AvgIpc) is 3.36. The Hall–Kier alpha value is -2.57. The Kier molecular flexibility index (Phi) is 4.07. The Balaban J connectivity index is 1.40. The lowest BCUT2D eigenvalue weighted by Gasteiger charge is -2.36. The number of aromatic nitrogens is 3. The van der Waals surface area contributed by atoms with Gasteiger partial charge < -0.3 is 4.74 Å². The van der Waals surface area contributed by atoms with E-state index in [-0.39, 0.29) is 17.5 Å². The van der Waals surface area contributed by atoms with Crippen LogP contribution in [0, 0.1) is 5.92 Å². The zero-order valence-corrected chi connectivity index (χ0v) is 15.2. The molecule has 0 saturated heterocycles. The topological polar surface area (TPSA) is 39.4 Å². The van der Waals surface area contributed by atoms with Crippen LogP contribution < -0.4 is 4.74 Å². The van der Waals surface area contributed by atoms with Crippen molar-refractivity contribution < 1.29 is 17.9 Å². The van der Waals surface area contributed by atoms with E-state index >= 15 is 0 Å². The van der Waals surface area contributed by atoms with Crippen LogP contribution in [0.15, 0.2) is 42.6 Å². The summed E-state index contributed by atoms with van der Waals surface area (Å²) in [4.78, 5) is 0. The molecule has 2 fully saturated rings. The maximum Gasteiger partial charge on any atom is 0.423 e. The molecule has 7 heteroatoms. The van der Waals surface area contributed by atoms with Crippen molar-refractivity contribution in [1.82, 2.24) is 14.6 Å². The molecule has 28 heavy (non-hydrogen) atoms. The molecule has 4 nitrogen and oxygen atoms in total. The van der Waals surface area contributed by atoms with Gasteiger partial charge in [-0.05, 0) is 49.1 Å². The molecule has 0 aliphatic heterocycles. The second-order valence-corrected chi connectivity index (χ2v) is 7.83. The third-order valence-corrected chi connectivity index (χ3v) is 5.72. The lowest BCUT2D eigenvalue weighted by Crippen LogP contribution is -2.33. The van der Waals surface area contributed by atoms with Crippen LogP contribution in [0.25, 0.3) is 5.65 Å². The van der Waals surface area contributed by atoms with Crippen LogP contribution in [0.5, 0.6) is 5.75 Å². The van der Waals surface area contributed by atoms with Crippen LogP contribution in [-0.4, -0.2) is 20.7 Å². The van der Waals surface area contributed by atoms with Crippen molar-refractivity contribution in [2.24, 2.45) is 5.92 Å². The van der Waals surface area contributed by atoms with Crippen molar-refractivity contribution in [3.63, 3.8) is 0 Å². The second kappa shape index (κ2) is 6.50. The van der Waals surface area contributed by atoms with E-state index in [0.29, 0.717) is 36.9 Å². The molecule has 0 atom stereocenters. The molecular formula is C21H20F3N3O. The van der Waals surface area contributed by atoms with Crippen LogP contribution in [0.1, 0.15) is 48.6 Å². The van der Waals surface area contributed by atoms with Crippen LogP contribution in [0.4, 0.5) is 13.2 Å². The summed E-state index contributed by atoms with van der Waals surface area (Å²) in [5, 5.41) is 7.87. The summed E-state index contributed by atoms with van der Waals surface area (Å²) in [6.45, 7) is 0. The molecule has 1 aromatic carbocycles. The summed E-state index contributed by atoms with van der Waals surface area (Å²) in [5.41, 5.74) is 0.211. The van der Waals surface area contributed by atoms with Gasteiger partial charge in [0.15, 0.2) is 5.65 Å². The van der Waals surface area contributed by atoms with E-state index in [0.717, 1.165) is 12.8 Å². The lowest BCUT2D eigenvalue weighted by atomic mass is 9.77. The van der Waals surface area contributed by atoms with E-state index in [2.05, 4.69) is 10.2 Å². The minimum atomic E-state index is -4.55. The smallest absolute Gasteiger partial charge is 0.423 e. The summed E-state index contributed by atoms with van der Waals surface area (Å²) in [5.74, 6) is 1.29. The van der Waals surface area contributed by atoms with Gasteiger partial charge in [0.25, 0.3) is 0 Å². The molecule has 2 aliphatic rings. The number of hydrogen-bond donors (Lipinski definition) is 0. The first-order chi connectivity index (χ1) is 13.5. The Morgan fingerprint density at radius 3 is 2.46 bits per heavy atom. The van der Waals surface area contributed by atoms with Crippen LogP contribution in [-0.2, 0) is 12.6 Å². The number of benzene rings is 1. The first-order valence-corrected chi connectivity index (χ1v) is 9.64. The highest BCUT2D eigenvalue weighted by Crippen LogP contribution is 2.44. The summed E-state index contributed by atoms with van der Waals surface area (Å²) in [6, 6.07) is 11.4. The first-order valence-electron chi connectivity index (χ1n) is 9.64. The minimum Gasteiger partial charge on any atom is -0.490 e. The Morgan fingerprint density at radius 2 is 1.79 bits per heavy atom. The zero-order chi connectivity index (χ0) is 19.3. The summed E-state index contributed by atoms with van der Waals surface area (Å²) >= 11 is 0. The van der Waals surface area contributed by atoms with Crippen LogP contribution in [0.3, 0.4) is 0 Å². The van der Waals surface area contributed by atoms with Gasteiger partial charge in [-0.2, -0.15) is 13.2 Å². The third-order valence-electron chi connectivity index (χ3n) is 5.72. The largest absolute Gasteiger partial charge is 0.490 e. The van der Waals surface area contributed by atoms with Crippen molar-refractivity contribution in [3.8, 4) is 5.75 Å². The number of hydrogen-bond acceptors (Lipinski definition) is 3. The highest BCUT2D eigenvalue weighted by atomic mass is 19.4. The van der Waals surface area contributed by atoms with E-state index in [1.807, 2.05) is 30.3 Å². The summed E-state index contributed by atoms with van der Waals surface area (Å²) < 4.78 is 48.7. The predicted molar refractivity (Wildman–Crippen MR) is 97.3 cm³/mol. The van der Waals surface area contributed by atoms with Gasteiger partial charge >= 0.3 is 6.18 Å². The number of fused-ring (bicyclic) bond motifs is 1. The molecule has 0 radical (unpaired) electrons. The van der Waals surface area contributed by atoms with Crippen molar-refractivity contribution >= 4 is 5.65 Å². The van der Waals surface area contributed by atoms with Crippen molar-refractivity contribution in [1.29, 1.82) is 0 Å². The van der Waals surface area contributed by atoms with Crippen LogP contribution >= 0.6 is 0 Å². The van der Waals surface area contributed by atoms with Gasteiger partial charge in [0.1, 0.15) is 17.1 Å². The highest BCUT2D eigenvalue weighted by Gasteiger charge is 2.41. The van der Waals surface area contributed by atoms with Gasteiger partial charge in [0.05, 0.1) is 6.10 Å². The molecular weight excluding hydrogens is 367 g/mol. The third kappa shape index (κ3) is 3.23. The zero-order valence-electron chi connectivity index (χ0n) is 15.2. The lowest BCUT2D eigenvalue weighted by molar-refractivity contribution is -0.138.